The second-order valence-corrected chi connectivity index (χ2v) is 11.1. The smallest absolute Gasteiger partial charge is 0.282 e. The SMILES string of the molecule is COc1cc(C)c(-c2nc3ccccc3c(=O)n2N=Cc2cccc(OC)c2OCc2ccc(Br)cc2)cc1C(C)C. The molecule has 0 atom stereocenters. The van der Waals surface area contributed by atoms with Crippen molar-refractivity contribution >= 4 is 33.0 Å². The van der Waals surface area contributed by atoms with E-state index in [0.717, 1.165) is 32.5 Å². The van der Waals surface area contributed by atoms with Crippen LogP contribution in [0.15, 0.2) is 93.2 Å². The van der Waals surface area contributed by atoms with E-state index in [-0.39, 0.29) is 11.5 Å². The molecule has 0 N–H and O–H groups in total. The van der Waals surface area contributed by atoms with Crippen LogP contribution >= 0.6 is 15.9 Å². The second kappa shape index (κ2) is 12.6. The van der Waals surface area contributed by atoms with E-state index in [1.807, 2.05) is 79.7 Å². The van der Waals surface area contributed by atoms with Gasteiger partial charge in [0.15, 0.2) is 17.3 Å². The molecule has 0 spiro atoms. The van der Waals surface area contributed by atoms with Crippen molar-refractivity contribution in [1.29, 1.82) is 0 Å². The fourth-order valence-corrected chi connectivity index (χ4v) is 5.04. The summed E-state index contributed by atoms with van der Waals surface area (Å²) < 4.78 is 19.8. The predicted molar refractivity (Wildman–Crippen MR) is 171 cm³/mol. The van der Waals surface area contributed by atoms with Crippen LogP contribution < -0.4 is 19.8 Å². The minimum atomic E-state index is -0.270. The maximum absolute atomic E-state index is 13.9. The van der Waals surface area contributed by atoms with E-state index in [1.54, 1.807) is 26.5 Å². The Morgan fingerprint density at radius 3 is 2.40 bits per heavy atom. The molecule has 0 aliphatic carbocycles. The minimum Gasteiger partial charge on any atom is -0.496 e. The van der Waals surface area contributed by atoms with Crippen molar-refractivity contribution in [1.82, 2.24) is 9.66 Å². The zero-order chi connectivity index (χ0) is 29.8. The van der Waals surface area contributed by atoms with Crippen molar-refractivity contribution < 1.29 is 14.2 Å². The van der Waals surface area contributed by atoms with Crippen LogP contribution in [-0.2, 0) is 6.61 Å². The van der Waals surface area contributed by atoms with E-state index in [0.29, 0.717) is 40.4 Å². The number of para-hydroxylation sites is 2. The molecule has 0 saturated carbocycles. The zero-order valence-corrected chi connectivity index (χ0v) is 25.8. The Labute approximate surface area is 253 Å². The normalized spacial score (nSPS) is 11.4. The van der Waals surface area contributed by atoms with Crippen LogP contribution in [0.2, 0.25) is 0 Å². The summed E-state index contributed by atoms with van der Waals surface area (Å²) in [6.45, 7) is 6.52. The van der Waals surface area contributed by atoms with Crippen molar-refractivity contribution in [2.45, 2.75) is 33.3 Å². The average Bonchev–Trinajstić information content (AvgIpc) is 3.00. The highest BCUT2D eigenvalue weighted by Gasteiger charge is 2.19. The highest BCUT2D eigenvalue weighted by Crippen LogP contribution is 2.35. The molecule has 1 heterocycles. The molecule has 0 unspecified atom stereocenters. The molecule has 214 valence electrons. The maximum Gasteiger partial charge on any atom is 0.282 e. The molecule has 0 aliphatic rings. The molecule has 42 heavy (non-hydrogen) atoms. The first-order valence-corrected chi connectivity index (χ1v) is 14.4. The lowest BCUT2D eigenvalue weighted by Crippen LogP contribution is -2.21. The van der Waals surface area contributed by atoms with E-state index in [4.69, 9.17) is 24.3 Å². The van der Waals surface area contributed by atoms with Crippen LogP contribution in [-0.4, -0.2) is 30.1 Å². The standard InChI is InChI=1S/C34H32BrN3O4/c1-21(2)27-18-28(22(3)17-31(27)41-5)33-37-29-11-7-6-10-26(29)34(39)38(33)36-19-24-9-8-12-30(40-4)32(24)42-20-23-13-15-25(35)16-14-23/h6-19,21H,20H2,1-5H3. The van der Waals surface area contributed by atoms with Gasteiger partial charge in [-0.05, 0) is 78.1 Å². The van der Waals surface area contributed by atoms with Gasteiger partial charge in [-0.25, -0.2) is 4.98 Å². The first-order valence-electron chi connectivity index (χ1n) is 13.6. The average molecular weight is 627 g/mol. The summed E-state index contributed by atoms with van der Waals surface area (Å²) in [5, 5.41) is 5.18. The van der Waals surface area contributed by atoms with Gasteiger partial charge in [0.2, 0.25) is 0 Å². The lowest BCUT2D eigenvalue weighted by molar-refractivity contribution is 0.284. The van der Waals surface area contributed by atoms with Gasteiger partial charge in [0.1, 0.15) is 12.4 Å². The third-order valence-electron chi connectivity index (χ3n) is 7.03. The summed E-state index contributed by atoms with van der Waals surface area (Å²) in [6.07, 6.45) is 1.61. The Morgan fingerprint density at radius 1 is 0.952 bits per heavy atom. The number of methoxy groups -OCH3 is 2. The summed E-state index contributed by atoms with van der Waals surface area (Å²) in [6, 6.07) is 24.8. The van der Waals surface area contributed by atoms with Gasteiger partial charge in [0, 0.05) is 15.6 Å². The number of ether oxygens (including phenoxy) is 3. The van der Waals surface area contributed by atoms with Crippen molar-refractivity contribution in [3.8, 4) is 28.6 Å². The number of rotatable bonds is 9. The van der Waals surface area contributed by atoms with Crippen LogP contribution in [0.3, 0.4) is 0 Å². The van der Waals surface area contributed by atoms with E-state index >= 15 is 0 Å². The monoisotopic (exact) mass is 625 g/mol. The maximum atomic E-state index is 13.9. The number of hydrogen-bond donors (Lipinski definition) is 0. The predicted octanol–water partition coefficient (Wildman–Crippen LogP) is 7.74. The summed E-state index contributed by atoms with van der Waals surface area (Å²) in [4.78, 5) is 18.8. The van der Waals surface area contributed by atoms with Crippen molar-refractivity contribution in [3.63, 3.8) is 0 Å². The number of nitrogens with zero attached hydrogens (tertiary/aromatic N) is 3. The zero-order valence-electron chi connectivity index (χ0n) is 24.2. The Balaban J connectivity index is 1.65. The Hall–Kier alpha value is -4.43. The molecule has 4 aromatic carbocycles. The van der Waals surface area contributed by atoms with Gasteiger partial charge in [-0.2, -0.15) is 9.78 Å². The third-order valence-corrected chi connectivity index (χ3v) is 7.56. The van der Waals surface area contributed by atoms with Crippen LogP contribution in [0.25, 0.3) is 22.3 Å². The van der Waals surface area contributed by atoms with Crippen molar-refractivity contribution in [2.75, 3.05) is 14.2 Å². The molecule has 0 amide bonds. The molecule has 0 saturated heterocycles. The number of hydrogen-bond acceptors (Lipinski definition) is 6. The van der Waals surface area contributed by atoms with Crippen LogP contribution in [0.1, 0.15) is 42.0 Å². The topological polar surface area (TPSA) is 74.9 Å². The van der Waals surface area contributed by atoms with Crippen LogP contribution in [0.5, 0.6) is 17.2 Å². The lowest BCUT2D eigenvalue weighted by Gasteiger charge is -2.17. The molecular weight excluding hydrogens is 594 g/mol. The largest absolute Gasteiger partial charge is 0.496 e. The Bertz CT molecular complexity index is 1830. The van der Waals surface area contributed by atoms with E-state index < -0.39 is 0 Å². The van der Waals surface area contributed by atoms with Gasteiger partial charge in [-0.1, -0.05) is 60.1 Å². The molecule has 1 aromatic heterocycles. The fraction of sp³-hybridized carbons (Fsp3) is 0.206. The molecule has 0 bridgehead atoms. The van der Waals surface area contributed by atoms with E-state index in [1.165, 1.54) is 4.68 Å². The molecule has 0 aliphatic heterocycles. The van der Waals surface area contributed by atoms with Gasteiger partial charge in [-0.3, -0.25) is 4.79 Å². The first kappa shape index (κ1) is 29.1. The van der Waals surface area contributed by atoms with E-state index in [9.17, 15) is 4.79 Å². The Morgan fingerprint density at radius 2 is 1.69 bits per heavy atom. The number of benzene rings is 4. The number of aromatic nitrogens is 2. The van der Waals surface area contributed by atoms with Gasteiger partial charge in [-0.15, -0.1) is 0 Å². The molecule has 5 aromatic rings. The van der Waals surface area contributed by atoms with Gasteiger partial charge in [0.05, 0.1) is 31.3 Å². The van der Waals surface area contributed by atoms with Crippen molar-refractivity contribution in [2.24, 2.45) is 5.10 Å². The second-order valence-electron chi connectivity index (χ2n) is 10.2. The first-order chi connectivity index (χ1) is 20.3. The fourth-order valence-electron chi connectivity index (χ4n) is 4.78. The van der Waals surface area contributed by atoms with Crippen LogP contribution in [0, 0.1) is 6.92 Å². The highest BCUT2D eigenvalue weighted by molar-refractivity contribution is 9.10. The molecular formula is C34H32BrN3O4. The van der Waals surface area contributed by atoms with Crippen molar-refractivity contribution in [3.05, 3.63) is 116 Å². The van der Waals surface area contributed by atoms with E-state index in [2.05, 4.69) is 29.8 Å². The minimum absolute atomic E-state index is 0.200. The number of halogens is 1. The third kappa shape index (κ3) is 5.94. The Kier molecular flexibility index (Phi) is 8.73. The summed E-state index contributed by atoms with van der Waals surface area (Å²) in [5.41, 5.74) is 4.73. The van der Waals surface area contributed by atoms with Gasteiger partial charge < -0.3 is 14.2 Å². The quantitative estimate of drug-likeness (QED) is 0.157. The summed E-state index contributed by atoms with van der Waals surface area (Å²) in [5.74, 6) is 2.53. The molecule has 0 radical (unpaired) electrons. The highest BCUT2D eigenvalue weighted by atomic mass is 79.9. The molecule has 7 nitrogen and oxygen atoms in total. The number of fused-ring (bicyclic) bond motifs is 1. The molecule has 8 heteroatoms. The van der Waals surface area contributed by atoms with Gasteiger partial charge in [0.25, 0.3) is 5.56 Å². The summed E-state index contributed by atoms with van der Waals surface area (Å²) in [7, 11) is 3.26. The molecule has 0 fully saturated rings. The summed E-state index contributed by atoms with van der Waals surface area (Å²) >= 11 is 3.47. The van der Waals surface area contributed by atoms with Gasteiger partial charge >= 0.3 is 0 Å². The van der Waals surface area contributed by atoms with Crippen LogP contribution in [0.4, 0.5) is 0 Å². The molecule has 5 rings (SSSR count). The number of aryl methyl sites for hydroxylation is 1. The lowest BCUT2D eigenvalue weighted by atomic mass is 9.96.